The zero-order valence-corrected chi connectivity index (χ0v) is 17.4. The van der Waals surface area contributed by atoms with E-state index in [1.54, 1.807) is 9.80 Å². The van der Waals surface area contributed by atoms with E-state index in [4.69, 9.17) is 10.8 Å². The minimum absolute atomic E-state index is 0.0410. The Morgan fingerprint density at radius 1 is 1.30 bits per heavy atom. The summed E-state index contributed by atoms with van der Waals surface area (Å²) in [5, 5.41) is 19.9. The quantitative estimate of drug-likeness (QED) is 0.638. The van der Waals surface area contributed by atoms with Crippen LogP contribution in [0.25, 0.3) is 0 Å². The van der Waals surface area contributed by atoms with Crippen LogP contribution in [0.4, 0.5) is 0 Å². The van der Waals surface area contributed by atoms with Crippen LogP contribution in [0.3, 0.4) is 0 Å². The monoisotopic (exact) mass is 417 g/mol. The number of aliphatic carboxylic acids is 1. The van der Waals surface area contributed by atoms with E-state index in [0.717, 1.165) is 5.56 Å². The van der Waals surface area contributed by atoms with Crippen molar-refractivity contribution in [2.45, 2.75) is 57.2 Å². The van der Waals surface area contributed by atoms with Crippen molar-refractivity contribution in [3.63, 3.8) is 0 Å². The molecule has 8 nitrogen and oxygen atoms in total. The molecule has 0 aromatic heterocycles. The van der Waals surface area contributed by atoms with Gasteiger partial charge >= 0.3 is 5.97 Å². The first kappa shape index (κ1) is 22.2. The Hall–Kier alpha value is -2.45. The summed E-state index contributed by atoms with van der Waals surface area (Å²) in [7, 11) is 0. The fourth-order valence-corrected chi connectivity index (χ4v) is 4.93. The number of aliphatic hydroxyl groups excluding tert-OH is 1. The van der Waals surface area contributed by atoms with Gasteiger partial charge in [0.2, 0.25) is 11.8 Å². The second-order valence-electron chi connectivity index (χ2n) is 8.40. The lowest BCUT2D eigenvalue weighted by Gasteiger charge is -2.52. The summed E-state index contributed by atoms with van der Waals surface area (Å²) in [6.45, 7) is 3.05. The standard InChI is InChI=1S/C22H31N3O5/c1-2-25-19(15-7-4-3-5-8-15)17(26)13-22(21(25)30)11-6-12-24(14-22)20(29)16(23)9-10-18(27)28/h3-5,7-8,16-17,19,26H,2,6,9-14,23H2,1H3,(H,27,28)/t16-,17+,19-,22-/m0/s1. The van der Waals surface area contributed by atoms with E-state index in [0.29, 0.717) is 25.9 Å². The number of nitrogens with two attached hydrogens (primary N) is 1. The van der Waals surface area contributed by atoms with Gasteiger partial charge in [-0.05, 0) is 38.2 Å². The minimum Gasteiger partial charge on any atom is -0.481 e. The predicted molar refractivity (Wildman–Crippen MR) is 110 cm³/mol. The number of carbonyl (C=O) groups excluding carboxylic acids is 2. The van der Waals surface area contributed by atoms with Gasteiger partial charge in [-0.15, -0.1) is 0 Å². The Morgan fingerprint density at radius 2 is 2.00 bits per heavy atom. The highest BCUT2D eigenvalue weighted by molar-refractivity contribution is 5.87. The maximum Gasteiger partial charge on any atom is 0.303 e. The summed E-state index contributed by atoms with van der Waals surface area (Å²) in [5.74, 6) is -1.36. The molecule has 1 aromatic carbocycles. The van der Waals surface area contributed by atoms with Crippen molar-refractivity contribution in [1.82, 2.24) is 9.80 Å². The summed E-state index contributed by atoms with van der Waals surface area (Å²) in [6, 6.07) is 8.21. The van der Waals surface area contributed by atoms with E-state index in [2.05, 4.69) is 0 Å². The van der Waals surface area contributed by atoms with Gasteiger partial charge in [0.05, 0.1) is 23.6 Å². The largest absolute Gasteiger partial charge is 0.481 e. The predicted octanol–water partition coefficient (Wildman–Crippen LogP) is 1.14. The zero-order valence-electron chi connectivity index (χ0n) is 17.4. The average Bonchev–Trinajstić information content (AvgIpc) is 2.74. The van der Waals surface area contributed by atoms with Gasteiger partial charge in [-0.2, -0.15) is 0 Å². The van der Waals surface area contributed by atoms with Gasteiger partial charge in [-0.1, -0.05) is 30.3 Å². The molecule has 164 valence electrons. The van der Waals surface area contributed by atoms with E-state index in [1.807, 2.05) is 37.3 Å². The second-order valence-corrected chi connectivity index (χ2v) is 8.40. The summed E-state index contributed by atoms with van der Waals surface area (Å²) in [4.78, 5) is 40.5. The van der Waals surface area contributed by atoms with Crippen LogP contribution in [0.1, 0.15) is 50.6 Å². The number of amides is 2. The summed E-state index contributed by atoms with van der Waals surface area (Å²) < 4.78 is 0. The first-order chi connectivity index (χ1) is 14.3. The molecule has 1 aromatic rings. The number of benzene rings is 1. The third-order valence-electron chi connectivity index (χ3n) is 6.37. The number of carbonyl (C=O) groups is 3. The normalized spacial score (nSPS) is 27.9. The van der Waals surface area contributed by atoms with Gasteiger partial charge in [0.15, 0.2) is 0 Å². The SMILES string of the molecule is CCN1C(=O)[C@@]2(CCCN(C(=O)[C@@H](N)CCC(=O)O)C2)C[C@@H](O)[C@@H]1c1ccccc1. The van der Waals surface area contributed by atoms with E-state index >= 15 is 0 Å². The van der Waals surface area contributed by atoms with Crippen molar-refractivity contribution >= 4 is 17.8 Å². The molecule has 4 N–H and O–H groups in total. The van der Waals surface area contributed by atoms with Crippen LogP contribution in [0, 0.1) is 5.41 Å². The Kier molecular flexibility index (Phi) is 6.77. The van der Waals surface area contributed by atoms with Crippen LogP contribution >= 0.6 is 0 Å². The van der Waals surface area contributed by atoms with Gasteiger partial charge in [0.1, 0.15) is 0 Å². The highest BCUT2D eigenvalue weighted by Crippen LogP contribution is 2.45. The average molecular weight is 418 g/mol. The van der Waals surface area contributed by atoms with E-state index in [-0.39, 0.29) is 37.6 Å². The van der Waals surface area contributed by atoms with Crippen molar-refractivity contribution in [1.29, 1.82) is 0 Å². The molecule has 2 saturated heterocycles. The number of hydrogen-bond acceptors (Lipinski definition) is 5. The summed E-state index contributed by atoms with van der Waals surface area (Å²) in [6.07, 6.45) is 0.687. The van der Waals surface area contributed by atoms with E-state index in [1.165, 1.54) is 0 Å². The smallest absolute Gasteiger partial charge is 0.303 e. The van der Waals surface area contributed by atoms with Crippen LogP contribution in [-0.4, -0.2) is 69.6 Å². The molecular weight excluding hydrogens is 386 g/mol. The second kappa shape index (κ2) is 9.14. The molecular formula is C22H31N3O5. The van der Waals surface area contributed by atoms with Crippen LogP contribution < -0.4 is 5.73 Å². The third kappa shape index (κ3) is 4.34. The number of carboxylic acids is 1. The maximum absolute atomic E-state index is 13.6. The molecule has 0 bridgehead atoms. The number of likely N-dealkylation sites (N-methyl/N-ethyl adjacent to an activating group) is 1. The lowest BCUT2D eigenvalue weighted by atomic mass is 9.69. The van der Waals surface area contributed by atoms with E-state index in [9.17, 15) is 19.5 Å². The first-order valence-corrected chi connectivity index (χ1v) is 10.6. The molecule has 2 aliphatic rings. The molecule has 30 heavy (non-hydrogen) atoms. The number of nitrogens with zero attached hydrogens (tertiary/aromatic N) is 2. The Balaban J connectivity index is 1.79. The molecule has 4 atom stereocenters. The van der Waals surface area contributed by atoms with Gasteiger partial charge in [-0.25, -0.2) is 0 Å². The maximum atomic E-state index is 13.6. The van der Waals surface area contributed by atoms with Crippen LogP contribution in [0.5, 0.6) is 0 Å². The third-order valence-corrected chi connectivity index (χ3v) is 6.37. The highest BCUT2D eigenvalue weighted by Gasteiger charge is 2.53. The number of likely N-dealkylation sites (tertiary alicyclic amines) is 2. The summed E-state index contributed by atoms with van der Waals surface area (Å²) in [5.41, 5.74) is 5.99. The molecule has 2 fully saturated rings. The molecule has 1 spiro atoms. The van der Waals surface area contributed by atoms with Crippen LogP contribution in [0.2, 0.25) is 0 Å². The molecule has 8 heteroatoms. The Labute approximate surface area is 176 Å². The number of carboxylic acid groups (broad SMARTS) is 1. The highest BCUT2D eigenvalue weighted by atomic mass is 16.4. The molecule has 0 saturated carbocycles. The van der Waals surface area contributed by atoms with Crippen LogP contribution in [0.15, 0.2) is 30.3 Å². The fraction of sp³-hybridized carbons (Fsp3) is 0.591. The molecule has 2 amide bonds. The van der Waals surface area contributed by atoms with Crippen molar-refractivity contribution < 1.29 is 24.6 Å². The number of aliphatic hydroxyl groups is 1. The number of piperidine rings is 2. The first-order valence-electron chi connectivity index (χ1n) is 10.6. The number of hydrogen-bond donors (Lipinski definition) is 3. The van der Waals surface area contributed by atoms with Crippen LogP contribution in [-0.2, 0) is 14.4 Å². The molecule has 2 aliphatic heterocycles. The summed E-state index contributed by atoms with van der Waals surface area (Å²) >= 11 is 0. The molecule has 0 unspecified atom stereocenters. The topological polar surface area (TPSA) is 124 Å². The van der Waals surface area contributed by atoms with Gasteiger partial charge in [0, 0.05) is 26.1 Å². The van der Waals surface area contributed by atoms with Gasteiger partial charge in [0.25, 0.3) is 0 Å². The van der Waals surface area contributed by atoms with Crippen molar-refractivity contribution in [2.24, 2.45) is 11.1 Å². The lowest BCUT2D eigenvalue weighted by molar-refractivity contribution is -0.166. The fourth-order valence-electron chi connectivity index (χ4n) is 4.93. The minimum atomic E-state index is -0.996. The van der Waals surface area contributed by atoms with E-state index < -0.39 is 29.6 Å². The van der Waals surface area contributed by atoms with Crippen molar-refractivity contribution in [2.75, 3.05) is 19.6 Å². The van der Waals surface area contributed by atoms with Gasteiger partial charge in [-0.3, -0.25) is 14.4 Å². The lowest BCUT2D eigenvalue weighted by Crippen LogP contribution is -2.62. The Morgan fingerprint density at radius 3 is 2.63 bits per heavy atom. The Bertz CT molecular complexity index is 786. The number of rotatable bonds is 6. The molecule has 0 radical (unpaired) electrons. The van der Waals surface area contributed by atoms with Crippen molar-refractivity contribution in [3.8, 4) is 0 Å². The molecule has 2 heterocycles. The molecule has 3 rings (SSSR count). The zero-order chi connectivity index (χ0) is 21.9. The van der Waals surface area contributed by atoms with Gasteiger partial charge < -0.3 is 25.7 Å². The molecule has 0 aliphatic carbocycles. The van der Waals surface area contributed by atoms with Crippen molar-refractivity contribution in [3.05, 3.63) is 35.9 Å².